The van der Waals surface area contributed by atoms with Crippen LogP contribution in [0.1, 0.15) is 16.3 Å². The molecule has 0 spiro atoms. The van der Waals surface area contributed by atoms with E-state index < -0.39 is 0 Å². The summed E-state index contributed by atoms with van der Waals surface area (Å²) < 4.78 is 0. The Hall–Kier alpha value is -2.77. The van der Waals surface area contributed by atoms with Gasteiger partial charge in [0.15, 0.2) is 0 Å². The van der Waals surface area contributed by atoms with Crippen LogP contribution in [0.2, 0.25) is 0 Å². The first kappa shape index (κ1) is 18.6. The lowest BCUT2D eigenvalue weighted by atomic mass is 10.2. The summed E-state index contributed by atoms with van der Waals surface area (Å²) in [6, 6.07) is 17.3. The molecule has 1 aliphatic rings. The fourth-order valence-electron chi connectivity index (χ4n) is 3.47. The number of nitro groups is 1. The molecule has 0 bridgehead atoms. The molecule has 0 radical (unpaired) electrons. The minimum Gasteiger partial charge on any atom is -0.369 e. The van der Waals surface area contributed by atoms with E-state index in [0.29, 0.717) is 0 Å². The van der Waals surface area contributed by atoms with E-state index >= 15 is 0 Å². The molecule has 2 aromatic carbocycles. The van der Waals surface area contributed by atoms with Crippen molar-refractivity contribution < 1.29 is 4.92 Å². The van der Waals surface area contributed by atoms with Crippen LogP contribution in [0, 0.1) is 10.1 Å². The van der Waals surface area contributed by atoms with Gasteiger partial charge >= 0.3 is 0 Å². The van der Waals surface area contributed by atoms with Gasteiger partial charge in [-0.25, -0.2) is 4.98 Å². The van der Waals surface area contributed by atoms with E-state index in [9.17, 15) is 10.1 Å². The molecule has 1 aliphatic heterocycles. The molecule has 6 nitrogen and oxygen atoms in total. The molecule has 1 saturated heterocycles. The molecule has 1 fully saturated rings. The van der Waals surface area contributed by atoms with Crippen LogP contribution in [-0.2, 0) is 13.0 Å². The van der Waals surface area contributed by atoms with Crippen LogP contribution >= 0.6 is 11.3 Å². The van der Waals surface area contributed by atoms with Crippen LogP contribution < -0.4 is 4.90 Å². The van der Waals surface area contributed by atoms with E-state index in [0.717, 1.165) is 55.5 Å². The SMILES string of the molecule is O=[N+]([O-])c1cccc(N2CCN(Cc3csc(Cc4ccccc4)n3)CC2)c1. The topological polar surface area (TPSA) is 62.5 Å². The molecule has 0 N–H and O–H groups in total. The molecule has 28 heavy (non-hydrogen) atoms. The predicted molar refractivity (Wildman–Crippen MR) is 112 cm³/mol. The quantitative estimate of drug-likeness (QED) is 0.468. The Bertz CT molecular complexity index is 936. The van der Waals surface area contributed by atoms with Crippen molar-refractivity contribution in [3.05, 3.63) is 86.4 Å². The van der Waals surface area contributed by atoms with E-state index in [2.05, 4.69) is 39.4 Å². The smallest absolute Gasteiger partial charge is 0.271 e. The third kappa shape index (κ3) is 4.55. The third-order valence-corrected chi connectivity index (χ3v) is 5.86. The van der Waals surface area contributed by atoms with Crippen LogP contribution in [-0.4, -0.2) is 41.0 Å². The number of non-ortho nitro benzene ring substituents is 1. The number of nitro benzene ring substituents is 1. The van der Waals surface area contributed by atoms with Crippen LogP contribution in [0.4, 0.5) is 11.4 Å². The number of nitrogens with zero attached hydrogens (tertiary/aromatic N) is 4. The lowest BCUT2D eigenvalue weighted by molar-refractivity contribution is -0.384. The highest BCUT2D eigenvalue weighted by atomic mass is 32.1. The zero-order valence-corrected chi connectivity index (χ0v) is 16.3. The van der Waals surface area contributed by atoms with Crippen molar-refractivity contribution in [3.63, 3.8) is 0 Å². The maximum atomic E-state index is 11.0. The molecule has 1 aromatic heterocycles. The number of hydrogen-bond acceptors (Lipinski definition) is 6. The molecule has 2 heterocycles. The summed E-state index contributed by atoms with van der Waals surface area (Å²) in [6.07, 6.45) is 0.881. The molecule has 0 unspecified atom stereocenters. The fraction of sp³-hybridized carbons (Fsp3) is 0.286. The van der Waals surface area contributed by atoms with E-state index in [4.69, 9.17) is 4.98 Å². The van der Waals surface area contributed by atoms with Gasteiger partial charge in [0, 0.05) is 62.3 Å². The second-order valence-corrected chi connectivity index (χ2v) is 7.88. The van der Waals surface area contributed by atoms with Crippen molar-refractivity contribution in [3.8, 4) is 0 Å². The van der Waals surface area contributed by atoms with Crippen molar-refractivity contribution in [1.29, 1.82) is 0 Å². The molecule has 3 aromatic rings. The summed E-state index contributed by atoms with van der Waals surface area (Å²) in [5, 5.41) is 14.3. The van der Waals surface area contributed by atoms with E-state index in [1.807, 2.05) is 12.1 Å². The largest absolute Gasteiger partial charge is 0.369 e. The zero-order valence-electron chi connectivity index (χ0n) is 15.5. The van der Waals surface area contributed by atoms with Crippen molar-refractivity contribution >= 4 is 22.7 Å². The average Bonchev–Trinajstić information content (AvgIpc) is 3.16. The molecule has 0 saturated carbocycles. The van der Waals surface area contributed by atoms with Crippen LogP contribution in [0.3, 0.4) is 0 Å². The molecule has 4 rings (SSSR count). The number of hydrogen-bond donors (Lipinski definition) is 0. The number of benzene rings is 2. The minimum atomic E-state index is -0.338. The summed E-state index contributed by atoms with van der Waals surface area (Å²) in [4.78, 5) is 20.1. The highest BCUT2D eigenvalue weighted by Gasteiger charge is 2.19. The third-order valence-electron chi connectivity index (χ3n) is 4.96. The lowest BCUT2D eigenvalue weighted by Gasteiger charge is -2.35. The highest BCUT2D eigenvalue weighted by molar-refractivity contribution is 7.09. The second kappa shape index (κ2) is 8.50. The standard InChI is InChI=1S/C21H22N4O2S/c26-25(27)20-8-4-7-19(14-20)24-11-9-23(10-12-24)15-18-16-28-21(22-18)13-17-5-2-1-3-6-17/h1-8,14,16H,9-13,15H2. The number of rotatable bonds is 6. The second-order valence-electron chi connectivity index (χ2n) is 6.94. The molecule has 0 atom stereocenters. The Labute approximate surface area is 168 Å². The van der Waals surface area contributed by atoms with Crippen molar-refractivity contribution in [2.45, 2.75) is 13.0 Å². The minimum absolute atomic E-state index is 0.147. The molecule has 0 amide bonds. The Kier molecular flexibility index (Phi) is 5.64. The van der Waals surface area contributed by atoms with Crippen molar-refractivity contribution in [2.24, 2.45) is 0 Å². The summed E-state index contributed by atoms with van der Waals surface area (Å²) in [6.45, 7) is 4.43. The Morgan fingerprint density at radius 2 is 1.82 bits per heavy atom. The number of aromatic nitrogens is 1. The number of piperazine rings is 1. The Morgan fingerprint density at radius 1 is 1.04 bits per heavy atom. The van der Waals surface area contributed by atoms with E-state index in [-0.39, 0.29) is 10.6 Å². The molecule has 144 valence electrons. The first-order chi connectivity index (χ1) is 13.7. The van der Waals surface area contributed by atoms with Crippen molar-refractivity contribution in [1.82, 2.24) is 9.88 Å². The zero-order chi connectivity index (χ0) is 19.3. The van der Waals surface area contributed by atoms with Gasteiger partial charge in [0.1, 0.15) is 0 Å². The van der Waals surface area contributed by atoms with Gasteiger partial charge in [-0.3, -0.25) is 15.0 Å². The van der Waals surface area contributed by atoms with Gasteiger partial charge in [-0.05, 0) is 11.6 Å². The molecule has 0 aliphatic carbocycles. The summed E-state index contributed by atoms with van der Waals surface area (Å²) in [7, 11) is 0. The average molecular weight is 395 g/mol. The molecule has 7 heteroatoms. The Morgan fingerprint density at radius 3 is 2.57 bits per heavy atom. The number of thiazole rings is 1. The predicted octanol–water partition coefficient (Wildman–Crippen LogP) is 3.96. The normalized spacial score (nSPS) is 14.9. The van der Waals surface area contributed by atoms with Crippen LogP contribution in [0.5, 0.6) is 0 Å². The van der Waals surface area contributed by atoms with Crippen LogP contribution in [0.15, 0.2) is 60.0 Å². The molecular formula is C21H22N4O2S. The van der Waals surface area contributed by atoms with Gasteiger partial charge in [-0.1, -0.05) is 36.4 Å². The lowest BCUT2D eigenvalue weighted by Crippen LogP contribution is -2.46. The summed E-state index contributed by atoms with van der Waals surface area (Å²) in [5.74, 6) is 0. The molecular weight excluding hydrogens is 372 g/mol. The van der Waals surface area contributed by atoms with Crippen molar-refractivity contribution in [2.75, 3.05) is 31.1 Å². The Balaban J connectivity index is 1.31. The summed E-state index contributed by atoms with van der Waals surface area (Å²) >= 11 is 1.72. The van der Waals surface area contributed by atoms with Gasteiger partial charge in [-0.2, -0.15) is 0 Å². The van der Waals surface area contributed by atoms with Crippen LogP contribution in [0.25, 0.3) is 0 Å². The first-order valence-corrected chi connectivity index (χ1v) is 10.2. The highest BCUT2D eigenvalue weighted by Crippen LogP contribution is 2.23. The maximum Gasteiger partial charge on any atom is 0.271 e. The fourth-order valence-corrected chi connectivity index (χ4v) is 4.29. The van der Waals surface area contributed by atoms with Gasteiger partial charge in [0.25, 0.3) is 5.69 Å². The van der Waals surface area contributed by atoms with Gasteiger partial charge in [0.05, 0.1) is 15.6 Å². The van der Waals surface area contributed by atoms with Gasteiger partial charge in [0.2, 0.25) is 0 Å². The van der Waals surface area contributed by atoms with Gasteiger partial charge in [-0.15, -0.1) is 11.3 Å². The summed E-state index contributed by atoms with van der Waals surface area (Å²) in [5.41, 5.74) is 3.48. The van der Waals surface area contributed by atoms with E-state index in [1.54, 1.807) is 23.5 Å². The van der Waals surface area contributed by atoms with E-state index in [1.165, 1.54) is 11.6 Å². The number of anilines is 1. The van der Waals surface area contributed by atoms with Gasteiger partial charge < -0.3 is 4.90 Å². The maximum absolute atomic E-state index is 11.0. The monoisotopic (exact) mass is 394 g/mol. The first-order valence-electron chi connectivity index (χ1n) is 9.36.